The molecule has 0 amide bonds. The Bertz CT molecular complexity index is 499. The van der Waals surface area contributed by atoms with Crippen LogP contribution in [0, 0.1) is 0 Å². The normalized spacial score (nSPS) is 16.0. The van der Waals surface area contributed by atoms with Crippen LogP contribution in [0.5, 0.6) is 0 Å². The second-order valence-corrected chi connectivity index (χ2v) is 3.62. The Balaban J connectivity index is 2.16. The molecule has 1 fully saturated rings. The number of rotatable bonds is 2. The van der Waals surface area contributed by atoms with Crippen molar-refractivity contribution >= 4 is 12.1 Å². The van der Waals surface area contributed by atoms with Crippen molar-refractivity contribution in [3.05, 3.63) is 29.8 Å². The first kappa shape index (κ1) is 7.67. The number of hydrogen-bond donors (Lipinski definition) is 0. The third kappa shape index (κ3) is 1.11. The Labute approximate surface area is 80.6 Å². The summed E-state index contributed by atoms with van der Waals surface area (Å²) in [5, 5.41) is 0. The Morgan fingerprint density at radius 1 is 1.43 bits per heavy atom. The van der Waals surface area contributed by atoms with Crippen LogP contribution in [0.1, 0.15) is 34.9 Å². The molecule has 1 saturated carbocycles. The highest BCUT2D eigenvalue weighted by atomic mass is 16.1. The maximum absolute atomic E-state index is 10.5. The summed E-state index contributed by atoms with van der Waals surface area (Å²) in [5.74, 6) is 1.24. The second-order valence-electron chi connectivity index (χ2n) is 3.62. The van der Waals surface area contributed by atoms with E-state index in [1.807, 2.05) is 12.3 Å². The minimum Gasteiger partial charge on any atom is -0.296 e. The number of hydrogen-bond acceptors (Lipinski definition) is 3. The van der Waals surface area contributed by atoms with Gasteiger partial charge in [-0.15, -0.1) is 0 Å². The molecular formula is C10H9N3O. The maximum Gasteiger partial charge on any atom is 0.234 e. The van der Waals surface area contributed by atoms with Crippen molar-refractivity contribution in [1.29, 1.82) is 0 Å². The smallest absolute Gasteiger partial charge is 0.234 e. The van der Waals surface area contributed by atoms with Gasteiger partial charge in [-0.1, -0.05) is 0 Å². The summed E-state index contributed by atoms with van der Waals surface area (Å²) in [6.45, 7) is 0. The van der Waals surface area contributed by atoms with E-state index in [-0.39, 0.29) is 0 Å². The van der Waals surface area contributed by atoms with Crippen LogP contribution in [0.4, 0.5) is 0 Å². The van der Waals surface area contributed by atoms with Crippen LogP contribution in [-0.4, -0.2) is 20.7 Å². The summed E-state index contributed by atoms with van der Waals surface area (Å²) in [4.78, 5) is 19.0. The van der Waals surface area contributed by atoms with Gasteiger partial charge in [0.05, 0.1) is 0 Å². The van der Waals surface area contributed by atoms with Gasteiger partial charge in [0.15, 0.2) is 6.29 Å². The Hall–Kier alpha value is -1.71. The van der Waals surface area contributed by atoms with E-state index in [1.54, 1.807) is 10.6 Å². The van der Waals surface area contributed by atoms with E-state index in [2.05, 4.69) is 9.97 Å². The van der Waals surface area contributed by atoms with Crippen molar-refractivity contribution in [2.75, 3.05) is 0 Å². The molecule has 0 unspecified atom stereocenters. The molecule has 4 nitrogen and oxygen atoms in total. The second kappa shape index (κ2) is 2.64. The molecular weight excluding hydrogens is 178 g/mol. The molecule has 2 aromatic heterocycles. The predicted octanol–water partition coefficient (Wildman–Crippen LogP) is 1.42. The van der Waals surface area contributed by atoms with Gasteiger partial charge >= 0.3 is 0 Å². The van der Waals surface area contributed by atoms with Gasteiger partial charge in [0.1, 0.15) is 5.69 Å². The standard InChI is InChI=1S/C10H9N3O/c14-6-8-5-13-4-3-9(7-1-2-7)12-10(13)11-8/h3-7H,1-2H2. The minimum atomic E-state index is 0.436. The number of fused-ring (bicyclic) bond motifs is 1. The van der Waals surface area contributed by atoms with Crippen LogP contribution in [0.25, 0.3) is 5.78 Å². The summed E-state index contributed by atoms with van der Waals surface area (Å²) in [7, 11) is 0. The molecule has 0 atom stereocenters. The molecule has 1 aliphatic rings. The van der Waals surface area contributed by atoms with Crippen molar-refractivity contribution in [3.8, 4) is 0 Å². The Kier molecular flexibility index (Phi) is 1.45. The van der Waals surface area contributed by atoms with Gasteiger partial charge in [0.25, 0.3) is 0 Å². The van der Waals surface area contributed by atoms with Gasteiger partial charge < -0.3 is 0 Å². The number of carbonyl (C=O) groups excluding carboxylic acids is 1. The summed E-state index contributed by atoms with van der Waals surface area (Å²) in [6.07, 6.45) is 6.79. The van der Waals surface area contributed by atoms with Crippen molar-refractivity contribution in [3.63, 3.8) is 0 Å². The zero-order chi connectivity index (χ0) is 9.54. The molecule has 2 heterocycles. The monoisotopic (exact) mass is 187 g/mol. The molecule has 0 aliphatic heterocycles. The van der Waals surface area contributed by atoms with Crippen molar-refractivity contribution in [2.45, 2.75) is 18.8 Å². The summed E-state index contributed by atoms with van der Waals surface area (Å²) in [5.41, 5.74) is 1.53. The average Bonchev–Trinajstić information content (AvgIpc) is 2.97. The predicted molar refractivity (Wildman–Crippen MR) is 50.3 cm³/mol. The van der Waals surface area contributed by atoms with Crippen LogP contribution < -0.4 is 0 Å². The molecule has 0 radical (unpaired) electrons. The molecule has 0 aromatic carbocycles. The van der Waals surface area contributed by atoms with Crippen molar-refractivity contribution in [1.82, 2.24) is 14.4 Å². The molecule has 0 bridgehead atoms. The summed E-state index contributed by atoms with van der Waals surface area (Å²) < 4.78 is 1.77. The fraction of sp³-hybridized carbons (Fsp3) is 0.300. The molecule has 0 N–H and O–H groups in total. The van der Waals surface area contributed by atoms with Gasteiger partial charge in [-0.25, -0.2) is 9.97 Å². The first-order valence-electron chi connectivity index (χ1n) is 4.67. The first-order chi connectivity index (χ1) is 6.86. The van der Waals surface area contributed by atoms with E-state index in [9.17, 15) is 4.79 Å². The van der Waals surface area contributed by atoms with Crippen LogP contribution in [0.15, 0.2) is 18.5 Å². The molecule has 0 saturated heterocycles. The van der Waals surface area contributed by atoms with Crippen molar-refractivity contribution < 1.29 is 4.79 Å². The molecule has 0 spiro atoms. The summed E-state index contributed by atoms with van der Waals surface area (Å²) >= 11 is 0. The molecule has 4 heteroatoms. The number of aldehydes is 1. The SMILES string of the molecule is O=Cc1cn2ccc(C3CC3)nc2n1. The molecule has 70 valence electrons. The average molecular weight is 187 g/mol. The van der Waals surface area contributed by atoms with E-state index in [0.717, 1.165) is 12.0 Å². The number of aromatic nitrogens is 3. The third-order valence-electron chi connectivity index (χ3n) is 2.48. The number of imidazole rings is 1. The topological polar surface area (TPSA) is 47.3 Å². The van der Waals surface area contributed by atoms with Crippen molar-refractivity contribution in [2.24, 2.45) is 0 Å². The van der Waals surface area contributed by atoms with Gasteiger partial charge in [0.2, 0.25) is 5.78 Å². The zero-order valence-corrected chi connectivity index (χ0v) is 7.55. The number of nitrogens with zero attached hydrogens (tertiary/aromatic N) is 3. The quantitative estimate of drug-likeness (QED) is 0.668. The highest BCUT2D eigenvalue weighted by Crippen LogP contribution is 2.38. The van der Waals surface area contributed by atoms with E-state index >= 15 is 0 Å². The van der Waals surface area contributed by atoms with E-state index < -0.39 is 0 Å². The van der Waals surface area contributed by atoms with Gasteiger partial charge in [-0.3, -0.25) is 9.20 Å². The fourth-order valence-electron chi connectivity index (χ4n) is 1.57. The zero-order valence-electron chi connectivity index (χ0n) is 7.55. The molecule has 14 heavy (non-hydrogen) atoms. The minimum absolute atomic E-state index is 0.436. The highest BCUT2D eigenvalue weighted by Gasteiger charge is 2.25. The fourth-order valence-corrected chi connectivity index (χ4v) is 1.57. The van der Waals surface area contributed by atoms with Crippen LogP contribution in [0.3, 0.4) is 0 Å². The lowest BCUT2D eigenvalue weighted by molar-refractivity contribution is 0.111. The maximum atomic E-state index is 10.5. The van der Waals surface area contributed by atoms with Crippen LogP contribution >= 0.6 is 0 Å². The van der Waals surface area contributed by atoms with Crippen LogP contribution in [0.2, 0.25) is 0 Å². The molecule has 1 aliphatic carbocycles. The molecule has 2 aromatic rings. The first-order valence-corrected chi connectivity index (χ1v) is 4.67. The van der Waals surface area contributed by atoms with Gasteiger partial charge in [-0.2, -0.15) is 0 Å². The van der Waals surface area contributed by atoms with Gasteiger partial charge in [0, 0.05) is 24.0 Å². The van der Waals surface area contributed by atoms with E-state index in [0.29, 0.717) is 17.4 Å². The van der Waals surface area contributed by atoms with Gasteiger partial charge in [-0.05, 0) is 18.9 Å². The summed E-state index contributed by atoms with van der Waals surface area (Å²) in [6, 6.07) is 2.00. The molecule has 3 rings (SSSR count). The third-order valence-corrected chi connectivity index (χ3v) is 2.48. The lowest BCUT2D eigenvalue weighted by Crippen LogP contribution is -1.91. The lowest BCUT2D eigenvalue weighted by atomic mass is 10.3. The number of carbonyl (C=O) groups is 1. The Morgan fingerprint density at radius 2 is 2.29 bits per heavy atom. The van der Waals surface area contributed by atoms with E-state index in [4.69, 9.17) is 0 Å². The Morgan fingerprint density at radius 3 is 3.00 bits per heavy atom. The largest absolute Gasteiger partial charge is 0.296 e. The highest BCUT2D eigenvalue weighted by molar-refractivity contribution is 5.72. The lowest BCUT2D eigenvalue weighted by Gasteiger charge is -1.96. The van der Waals surface area contributed by atoms with Crippen LogP contribution in [-0.2, 0) is 0 Å². The van der Waals surface area contributed by atoms with E-state index in [1.165, 1.54) is 12.8 Å².